The molecule has 0 radical (unpaired) electrons. The third-order valence-corrected chi connectivity index (χ3v) is 9.31. The topological polar surface area (TPSA) is 104 Å². The third-order valence-electron chi connectivity index (χ3n) is 5.70. The van der Waals surface area contributed by atoms with E-state index in [4.69, 9.17) is 11.6 Å². The molecule has 3 aromatic carbocycles. The fourth-order valence-corrected chi connectivity index (χ4v) is 6.51. The highest BCUT2D eigenvalue weighted by atomic mass is 35.5. The molecule has 1 saturated heterocycles. The van der Waals surface area contributed by atoms with Crippen molar-refractivity contribution in [3.63, 3.8) is 0 Å². The van der Waals surface area contributed by atoms with Crippen LogP contribution in [0.1, 0.15) is 15.9 Å². The maximum absolute atomic E-state index is 13.0. The summed E-state index contributed by atoms with van der Waals surface area (Å²) in [5.41, 5.74) is 1.37. The van der Waals surface area contributed by atoms with E-state index in [0.717, 1.165) is 5.56 Å². The minimum absolute atomic E-state index is 0.0804. The first kappa shape index (κ1) is 25.2. The van der Waals surface area contributed by atoms with Gasteiger partial charge < -0.3 is 4.90 Å². The van der Waals surface area contributed by atoms with Crippen LogP contribution in [0.5, 0.6) is 0 Å². The van der Waals surface area contributed by atoms with Crippen molar-refractivity contribution in [3.05, 3.63) is 88.9 Å². The largest absolute Gasteiger partial charge is 0.336 e. The summed E-state index contributed by atoms with van der Waals surface area (Å²) in [7, 11) is -7.46. The number of hydrogen-bond acceptors (Lipinski definition) is 5. The van der Waals surface area contributed by atoms with E-state index in [1.807, 2.05) is 6.92 Å². The van der Waals surface area contributed by atoms with Crippen molar-refractivity contribution in [2.45, 2.75) is 16.7 Å². The Hall–Kier alpha value is -2.92. The molecule has 1 fully saturated rings. The van der Waals surface area contributed by atoms with Gasteiger partial charge in [0.1, 0.15) is 0 Å². The van der Waals surface area contributed by atoms with Crippen molar-refractivity contribution >= 4 is 43.2 Å². The molecule has 0 spiro atoms. The lowest BCUT2D eigenvalue weighted by Crippen LogP contribution is -2.50. The Morgan fingerprint density at radius 2 is 1.46 bits per heavy atom. The van der Waals surface area contributed by atoms with Crippen molar-refractivity contribution in [2.24, 2.45) is 0 Å². The van der Waals surface area contributed by atoms with Gasteiger partial charge in [0.15, 0.2) is 0 Å². The molecule has 1 aliphatic heterocycles. The summed E-state index contributed by atoms with van der Waals surface area (Å²) in [6.45, 7) is 2.66. The molecular weight excluding hydrogens is 510 g/mol. The molecule has 1 N–H and O–H groups in total. The van der Waals surface area contributed by atoms with Gasteiger partial charge in [-0.1, -0.05) is 47.5 Å². The number of anilines is 1. The zero-order valence-corrected chi connectivity index (χ0v) is 21.3. The highest BCUT2D eigenvalue weighted by Crippen LogP contribution is 2.27. The number of hydrogen-bond donors (Lipinski definition) is 1. The van der Waals surface area contributed by atoms with Gasteiger partial charge in [-0.15, -0.1) is 0 Å². The molecule has 0 aliphatic carbocycles. The molecule has 184 valence electrons. The van der Waals surface area contributed by atoms with E-state index in [0.29, 0.717) is 0 Å². The van der Waals surface area contributed by atoms with Crippen LogP contribution in [-0.4, -0.2) is 58.1 Å². The molecule has 11 heteroatoms. The molecular formula is C24H24ClN3O5S2. The van der Waals surface area contributed by atoms with Crippen molar-refractivity contribution < 1.29 is 21.6 Å². The van der Waals surface area contributed by atoms with E-state index in [2.05, 4.69) is 4.72 Å². The van der Waals surface area contributed by atoms with Crippen molar-refractivity contribution in [2.75, 3.05) is 30.9 Å². The lowest BCUT2D eigenvalue weighted by molar-refractivity contribution is 0.0698. The number of carbonyl (C=O) groups excluding carboxylic acids is 1. The van der Waals surface area contributed by atoms with Crippen LogP contribution >= 0.6 is 11.6 Å². The standard InChI is InChI=1S/C24H24ClN3O5S2/c1-18-7-10-20(11-8-18)34(30,31)26-23-12-9-19(17-22(23)25)24(29)27-13-15-28(16-14-27)35(32,33)21-5-3-2-4-6-21/h2-12,17,26H,13-16H2,1H3. The molecule has 0 unspecified atom stereocenters. The zero-order valence-electron chi connectivity index (χ0n) is 18.9. The maximum atomic E-state index is 13.0. The van der Waals surface area contributed by atoms with Gasteiger partial charge >= 0.3 is 0 Å². The molecule has 0 bridgehead atoms. The van der Waals surface area contributed by atoms with Crippen LogP contribution in [0, 0.1) is 6.92 Å². The minimum atomic E-state index is -3.84. The fraction of sp³-hybridized carbons (Fsp3) is 0.208. The summed E-state index contributed by atoms with van der Waals surface area (Å²) in [6.07, 6.45) is 0. The Balaban J connectivity index is 1.43. The highest BCUT2D eigenvalue weighted by molar-refractivity contribution is 7.92. The number of halogens is 1. The first-order chi connectivity index (χ1) is 16.6. The van der Waals surface area contributed by atoms with Crippen LogP contribution in [0.3, 0.4) is 0 Å². The van der Waals surface area contributed by atoms with Gasteiger partial charge in [0.25, 0.3) is 15.9 Å². The second-order valence-corrected chi connectivity index (χ2v) is 12.2. The number of aryl methyl sites for hydroxylation is 1. The number of rotatable bonds is 6. The van der Waals surface area contributed by atoms with Crippen LogP contribution in [0.4, 0.5) is 5.69 Å². The van der Waals surface area contributed by atoms with Crippen molar-refractivity contribution in [1.82, 2.24) is 9.21 Å². The smallest absolute Gasteiger partial charge is 0.261 e. The number of piperazine rings is 1. The predicted molar refractivity (Wildman–Crippen MR) is 135 cm³/mol. The molecule has 1 aliphatic rings. The molecule has 0 aromatic heterocycles. The molecule has 4 rings (SSSR count). The summed E-state index contributed by atoms with van der Waals surface area (Å²) < 4.78 is 54.7. The summed E-state index contributed by atoms with van der Waals surface area (Å²) in [5, 5.41) is 0.0804. The van der Waals surface area contributed by atoms with E-state index in [1.54, 1.807) is 47.4 Å². The van der Waals surface area contributed by atoms with Gasteiger partial charge in [-0.3, -0.25) is 9.52 Å². The molecule has 0 atom stereocenters. The van der Waals surface area contributed by atoms with E-state index < -0.39 is 20.0 Å². The Bertz CT molecular complexity index is 1440. The lowest BCUT2D eigenvalue weighted by atomic mass is 10.1. The first-order valence-corrected chi connectivity index (χ1v) is 14.1. The van der Waals surface area contributed by atoms with Crippen LogP contribution in [-0.2, 0) is 20.0 Å². The number of nitrogens with one attached hydrogen (secondary N) is 1. The van der Waals surface area contributed by atoms with E-state index in [9.17, 15) is 21.6 Å². The summed E-state index contributed by atoms with van der Waals surface area (Å²) in [5.74, 6) is -0.309. The Labute approximate surface area is 210 Å². The average molecular weight is 534 g/mol. The van der Waals surface area contributed by atoms with Gasteiger partial charge in [0.05, 0.1) is 20.5 Å². The number of sulfonamides is 2. The van der Waals surface area contributed by atoms with Gasteiger partial charge in [0, 0.05) is 31.7 Å². The second kappa shape index (κ2) is 9.98. The Morgan fingerprint density at radius 3 is 2.06 bits per heavy atom. The first-order valence-electron chi connectivity index (χ1n) is 10.8. The molecule has 35 heavy (non-hydrogen) atoms. The molecule has 8 nitrogen and oxygen atoms in total. The van der Waals surface area contributed by atoms with Gasteiger partial charge in [-0.2, -0.15) is 4.31 Å². The van der Waals surface area contributed by atoms with Crippen LogP contribution < -0.4 is 4.72 Å². The SMILES string of the molecule is Cc1ccc(S(=O)(=O)Nc2ccc(C(=O)N3CCN(S(=O)(=O)c4ccccc4)CC3)cc2Cl)cc1. The van der Waals surface area contributed by atoms with Crippen molar-refractivity contribution in [3.8, 4) is 0 Å². The van der Waals surface area contributed by atoms with E-state index in [1.165, 1.54) is 34.6 Å². The van der Waals surface area contributed by atoms with Crippen LogP contribution in [0.15, 0.2) is 82.6 Å². The summed E-state index contributed by atoms with van der Waals surface area (Å²) in [6, 6.07) is 18.9. The Morgan fingerprint density at radius 1 is 0.829 bits per heavy atom. The van der Waals surface area contributed by atoms with E-state index >= 15 is 0 Å². The van der Waals surface area contributed by atoms with Gasteiger partial charge in [-0.25, -0.2) is 16.8 Å². The molecule has 0 saturated carbocycles. The molecule has 3 aromatic rings. The van der Waals surface area contributed by atoms with Gasteiger partial charge in [-0.05, 0) is 49.4 Å². The number of benzene rings is 3. The van der Waals surface area contributed by atoms with Gasteiger partial charge in [0.2, 0.25) is 10.0 Å². The predicted octanol–water partition coefficient (Wildman–Crippen LogP) is 3.60. The maximum Gasteiger partial charge on any atom is 0.261 e. The third kappa shape index (κ3) is 5.51. The second-order valence-electron chi connectivity index (χ2n) is 8.12. The summed E-state index contributed by atoms with van der Waals surface area (Å²) in [4.78, 5) is 14.9. The van der Waals surface area contributed by atoms with Crippen LogP contribution in [0.25, 0.3) is 0 Å². The number of carbonyl (C=O) groups is 1. The van der Waals surface area contributed by atoms with E-state index in [-0.39, 0.29) is 58.2 Å². The molecule has 1 heterocycles. The fourth-order valence-electron chi connectivity index (χ4n) is 3.71. The number of nitrogens with zero attached hydrogens (tertiary/aromatic N) is 2. The number of amides is 1. The normalized spacial score (nSPS) is 15.1. The summed E-state index contributed by atoms with van der Waals surface area (Å²) >= 11 is 6.30. The Kier molecular flexibility index (Phi) is 7.18. The average Bonchev–Trinajstić information content (AvgIpc) is 2.85. The quantitative estimate of drug-likeness (QED) is 0.521. The zero-order chi connectivity index (χ0) is 25.2. The van der Waals surface area contributed by atoms with Crippen LogP contribution in [0.2, 0.25) is 5.02 Å². The minimum Gasteiger partial charge on any atom is -0.336 e. The monoisotopic (exact) mass is 533 g/mol. The lowest BCUT2D eigenvalue weighted by Gasteiger charge is -2.34. The molecule has 1 amide bonds. The van der Waals surface area contributed by atoms with Crippen molar-refractivity contribution in [1.29, 1.82) is 0 Å². The highest BCUT2D eigenvalue weighted by Gasteiger charge is 2.30.